The first-order valence-corrected chi connectivity index (χ1v) is 10.2. The van der Waals surface area contributed by atoms with Gasteiger partial charge in [-0.2, -0.15) is 8.78 Å². The number of hydrogen-bond donors (Lipinski definition) is 1. The van der Waals surface area contributed by atoms with Gasteiger partial charge in [0.1, 0.15) is 12.3 Å². The lowest BCUT2D eigenvalue weighted by Gasteiger charge is -2.26. The number of halogens is 2. The van der Waals surface area contributed by atoms with Crippen LogP contribution < -0.4 is 10.1 Å². The van der Waals surface area contributed by atoms with E-state index in [-0.39, 0.29) is 36.4 Å². The van der Waals surface area contributed by atoms with Gasteiger partial charge in [0.25, 0.3) is 5.91 Å². The highest BCUT2D eigenvalue weighted by Gasteiger charge is 2.27. The molecule has 166 valence electrons. The molecule has 0 radical (unpaired) electrons. The van der Waals surface area contributed by atoms with E-state index in [0.717, 1.165) is 24.0 Å². The molecular formula is C23H26F2N2O4. The number of amides is 2. The zero-order valence-corrected chi connectivity index (χ0v) is 17.6. The van der Waals surface area contributed by atoms with Crippen molar-refractivity contribution < 1.29 is 27.8 Å². The molecule has 8 heteroatoms. The van der Waals surface area contributed by atoms with Crippen molar-refractivity contribution in [2.45, 2.75) is 39.4 Å². The van der Waals surface area contributed by atoms with Crippen LogP contribution in [-0.4, -0.2) is 49.1 Å². The fourth-order valence-corrected chi connectivity index (χ4v) is 3.52. The Hall–Kier alpha value is -3.00. The first-order chi connectivity index (χ1) is 14.8. The summed E-state index contributed by atoms with van der Waals surface area (Å²) in [6.07, 6.45) is 1.42. The third-order valence-electron chi connectivity index (χ3n) is 5.28. The second kappa shape index (κ2) is 10.3. The molecule has 0 aliphatic carbocycles. The number of nitrogens with zero attached hydrogens (tertiary/aromatic N) is 1. The molecule has 1 aliphatic heterocycles. The van der Waals surface area contributed by atoms with E-state index in [1.54, 1.807) is 12.1 Å². The fraction of sp³-hybridized carbons (Fsp3) is 0.391. The van der Waals surface area contributed by atoms with Gasteiger partial charge in [-0.25, -0.2) is 0 Å². The van der Waals surface area contributed by atoms with Crippen molar-refractivity contribution in [1.29, 1.82) is 0 Å². The lowest BCUT2D eigenvalue weighted by molar-refractivity contribution is -0.117. The number of para-hydroxylation sites is 1. The molecule has 31 heavy (non-hydrogen) atoms. The molecule has 1 atom stereocenters. The van der Waals surface area contributed by atoms with E-state index in [1.807, 2.05) is 26.0 Å². The molecule has 2 amide bonds. The number of alkyl halides is 2. The fourth-order valence-electron chi connectivity index (χ4n) is 3.52. The van der Waals surface area contributed by atoms with Crippen molar-refractivity contribution in [1.82, 2.24) is 4.90 Å². The summed E-state index contributed by atoms with van der Waals surface area (Å²) in [5.74, 6) is -1.18. The summed E-state index contributed by atoms with van der Waals surface area (Å²) in [5.41, 5.74) is 2.60. The maximum absolute atomic E-state index is 13.2. The van der Waals surface area contributed by atoms with Crippen LogP contribution in [0.15, 0.2) is 42.5 Å². The molecule has 2 aromatic carbocycles. The van der Waals surface area contributed by atoms with Crippen LogP contribution in [0.25, 0.3) is 0 Å². The van der Waals surface area contributed by atoms with Gasteiger partial charge in [-0.15, -0.1) is 0 Å². The quantitative estimate of drug-likeness (QED) is 0.680. The SMILES string of the molecule is Cc1cccc(NC(=O)CN(CC2CCCO2)C(=O)c2ccccc2OC(F)F)c1C. The molecule has 1 saturated heterocycles. The molecular weight excluding hydrogens is 406 g/mol. The second-order valence-electron chi connectivity index (χ2n) is 7.49. The van der Waals surface area contributed by atoms with Gasteiger partial charge in [-0.05, 0) is 56.0 Å². The minimum Gasteiger partial charge on any atom is -0.434 e. The summed E-state index contributed by atoms with van der Waals surface area (Å²) < 4.78 is 35.7. The third kappa shape index (κ3) is 6.01. The Morgan fingerprint density at radius 1 is 1.19 bits per heavy atom. The van der Waals surface area contributed by atoms with Crippen molar-refractivity contribution in [3.8, 4) is 5.75 Å². The van der Waals surface area contributed by atoms with Crippen LogP contribution >= 0.6 is 0 Å². The second-order valence-corrected chi connectivity index (χ2v) is 7.49. The van der Waals surface area contributed by atoms with Crippen LogP contribution in [0.3, 0.4) is 0 Å². The average Bonchev–Trinajstić information content (AvgIpc) is 3.23. The number of benzene rings is 2. The van der Waals surface area contributed by atoms with Crippen LogP contribution in [0.1, 0.15) is 34.3 Å². The normalized spacial score (nSPS) is 15.7. The van der Waals surface area contributed by atoms with Crippen molar-refractivity contribution in [2.75, 3.05) is 25.0 Å². The van der Waals surface area contributed by atoms with Crippen LogP contribution in [0.5, 0.6) is 5.75 Å². The minimum absolute atomic E-state index is 0.0275. The van der Waals surface area contributed by atoms with Gasteiger partial charge < -0.3 is 19.7 Å². The van der Waals surface area contributed by atoms with Crippen LogP contribution in [0.4, 0.5) is 14.5 Å². The molecule has 0 saturated carbocycles. The molecule has 1 aliphatic rings. The van der Waals surface area contributed by atoms with Crippen molar-refractivity contribution in [3.05, 3.63) is 59.2 Å². The summed E-state index contributed by atoms with van der Waals surface area (Å²) in [7, 11) is 0. The van der Waals surface area contributed by atoms with Crippen LogP contribution in [0.2, 0.25) is 0 Å². The Labute approximate surface area is 180 Å². The van der Waals surface area contributed by atoms with E-state index in [4.69, 9.17) is 4.74 Å². The first kappa shape index (κ1) is 22.7. The van der Waals surface area contributed by atoms with Crippen molar-refractivity contribution >= 4 is 17.5 Å². The number of carbonyl (C=O) groups is 2. The van der Waals surface area contributed by atoms with Gasteiger partial charge in [0.15, 0.2) is 0 Å². The third-order valence-corrected chi connectivity index (χ3v) is 5.28. The van der Waals surface area contributed by atoms with E-state index in [2.05, 4.69) is 10.1 Å². The van der Waals surface area contributed by atoms with Gasteiger partial charge in [0.2, 0.25) is 5.91 Å². The zero-order valence-electron chi connectivity index (χ0n) is 17.6. The Morgan fingerprint density at radius 3 is 2.68 bits per heavy atom. The molecule has 1 N–H and O–H groups in total. The minimum atomic E-state index is -3.06. The van der Waals surface area contributed by atoms with Gasteiger partial charge >= 0.3 is 6.61 Å². The monoisotopic (exact) mass is 432 g/mol. The number of nitrogens with one attached hydrogen (secondary N) is 1. The van der Waals surface area contributed by atoms with Gasteiger partial charge in [-0.1, -0.05) is 24.3 Å². The summed E-state index contributed by atoms with van der Waals surface area (Å²) in [4.78, 5) is 27.3. The van der Waals surface area contributed by atoms with Gasteiger partial charge in [-0.3, -0.25) is 9.59 Å². The summed E-state index contributed by atoms with van der Waals surface area (Å²) >= 11 is 0. The number of aryl methyl sites for hydroxylation is 1. The highest BCUT2D eigenvalue weighted by molar-refractivity contribution is 6.01. The topological polar surface area (TPSA) is 67.9 Å². The highest BCUT2D eigenvalue weighted by atomic mass is 19.3. The Morgan fingerprint density at radius 2 is 1.97 bits per heavy atom. The van der Waals surface area contributed by atoms with Crippen molar-refractivity contribution in [3.63, 3.8) is 0 Å². The predicted octanol–water partition coefficient (Wildman–Crippen LogP) is 4.16. The lowest BCUT2D eigenvalue weighted by Crippen LogP contribution is -2.42. The summed E-state index contributed by atoms with van der Waals surface area (Å²) in [6.45, 7) is 1.31. The molecule has 3 rings (SSSR count). The molecule has 2 aromatic rings. The smallest absolute Gasteiger partial charge is 0.387 e. The number of anilines is 1. The van der Waals surface area contributed by atoms with E-state index >= 15 is 0 Å². The highest BCUT2D eigenvalue weighted by Crippen LogP contribution is 2.24. The standard InChI is InChI=1S/C23H26F2N2O4/c1-15-7-5-10-19(16(15)2)26-21(28)14-27(13-17-8-6-12-30-17)22(29)18-9-3-4-11-20(18)31-23(24)25/h3-5,7,9-11,17,23H,6,8,12-14H2,1-2H3,(H,26,28). The van der Waals surface area contributed by atoms with Gasteiger partial charge in [0, 0.05) is 18.8 Å². The molecule has 0 spiro atoms. The molecule has 1 fully saturated rings. The van der Waals surface area contributed by atoms with Gasteiger partial charge in [0.05, 0.1) is 11.7 Å². The predicted molar refractivity (Wildman–Crippen MR) is 112 cm³/mol. The van der Waals surface area contributed by atoms with Crippen LogP contribution in [-0.2, 0) is 9.53 Å². The summed E-state index contributed by atoms with van der Waals surface area (Å²) in [5, 5.41) is 2.83. The zero-order chi connectivity index (χ0) is 22.4. The van der Waals surface area contributed by atoms with Crippen LogP contribution in [0, 0.1) is 13.8 Å². The maximum atomic E-state index is 13.2. The summed E-state index contributed by atoms with van der Waals surface area (Å²) in [6, 6.07) is 11.4. The number of carbonyl (C=O) groups excluding carboxylic acids is 2. The van der Waals surface area contributed by atoms with Crippen molar-refractivity contribution in [2.24, 2.45) is 0 Å². The molecule has 0 aromatic heterocycles. The van der Waals surface area contributed by atoms with E-state index in [9.17, 15) is 18.4 Å². The van der Waals surface area contributed by atoms with E-state index in [1.165, 1.54) is 23.1 Å². The first-order valence-electron chi connectivity index (χ1n) is 10.2. The average molecular weight is 432 g/mol. The van der Waals surface area contributed by atoms with E-state index in [0.29, 0.717) is 12.3 Å². The number of hydrogen-bond acceptors (Lipinski definition) is 4. The van der Waals surface area contributed by atoms with E-state index < -0.39 is 12.5 Å². The molecule has 1 unspecified atom stereocenters. The Kier molecular flexibility index (Phi) is 7.57. The Balaban J connectivity index is 1.80. The number of ether oxygens (including phenoxy) is 2. The lowest BCUT2D eigenvalue weighted by atomic mass is 10.1. The molecule has 1 heterocycles. The largest absolute Gasteiger partial charge is 0.434 e. The molecule has 6 nitrogen and oxygen atoms in total. The molecule has 0 bridgehead atoms. The number of rotatable bonds is 8. The maximum Gasteiger partial charge on any atom is 0.387 e. The Bertz CT molecular complexity index is 930.